The maximum absolute atomic E-state index is 11.0. The quantitative estimate of drug-likeness (QED) is 0.649. The van der Waals surface area contributed by atoms with Crippen LogP contribution in [0.4, 0.5) is 11.4 Å². The van der Waals surface area contributed by atoms with Gasteiger partial charge in [0, 0.05) is 12.6 Å². The van der Waals surface area contributed by atoms with Crippen LogP contribution < -0.4 is 5.32 Å². The summed E-state index contributed by atoms with van der Waals surface area (Å²) in [7, 11) is 0. The Bertz CT molecular complexity index is 516. The molecule has 0 spiro atoms. The highest BCUT2D eigenvalue weighted by Gasteiger charge is 2.23. The maximum Gasteiger partial charge on any atom is 0.292 e. The number of nitro benzene ring substituents is 1. The van der Waals surface area contributed by atoms with Crippen LogP contribution in [-0.4, -0.2) is 11.5 Å². The Hall–Kier alpha value is -2.09. The van der Waals surface area contributed by atoms with E-state index in [1.54, 1.807) is 0 Å². The van der Waals surface area contributed by atoms with E-state index in [9.17, 15) is 10.1 Å². The van der Waals surface area contributed by atoms with Gasteiger partial charge >= 0.3 is 0 Å². The summed E-state index contributed by atoms with van der Waals surface area (Å²) in [4.78, 5) is 10.5. The van der Waals surface area contributed by atoms with Crippen molar-refractivity contribution >= 4 is 11.4 Å². The van der Waals surface area contributed by atoms with Gasteiger partial charge < -0.3 is 5.32 Å². The zero-order valence-corrected chi connectivity index (χ0v) is 11.7. The number of rotatable bonds is 5. The van der Waals surface area contributed by atoms with Gasteiger partial charge in [-0.3, -0.25) is 10.1 Å². The predicted octanol–water partition coefficient (Wildman–Crippen LogP) is 3.56. The Labute approximate surface area is 113 Å². The number of hydrogen-bond donors (Lipinski definition) is 1. The number of nitriles is 1. The summed E-state index contributed by atoms with van der Waals surface area (Å²) in [6.07, 6.45) is 0. The molecular weight excluding hydrogens is 242 g/mol. The molecule has 1 N–H and O–H groups in total. The molecule has 19 heavy (non-hydrogen) atoms. The van der Waals surface area contributed by atoms with Gasteiger partial charge in [-0.2, -0.15) is 5.26 Å². The monoisotopic (exact) mass is 261 g/mol. The van der Waals surface area contributed by atoms with Gasteiger partial charge in [0.15, 0.2) is 0 Å². The third kappa shape index (κ3) is 3.68. The van der Waals surface area contributed by atoms with E-state index >= 15 is 0 Å². The van der Waals surface area contributed by atoms with E-state index in [4.69, 9.17) is 5.26 Å². The SMILES string of the molecule is CC(C)C(C)(C)CNc1cc(C#N)ccc1[N+](=O)[O-]. The van der Waals surface area contributed by atoms with E-state index in [0.717, 1.165) is 0 Å². The minimum absolute atomic E-state index is 0.00134. The molecule has 0 saturated carbocycles. The third-order valence-electron chi connectivity index (χ3n) is 3.62. The molecule has 0 amide bonds. The second-order valence-electron chi connectivity index (χ2n) is 5.60. The smallest absolute Gasteiger partial charge is 0.292 e. The van der Waals surface area contributed by atoms with Crippen molar-refractivity contribution in [2.45, 2.75) is 27.7 Å². The molecule has 0 unspecified atom stereocenters. The summed E-state index contributed by atoms with van der Waals surface area (Å²) in [6.45, 7) is 9.04. The van der Waals surface area contributed by atoms with Gasteiger partial charge in [-0.1, -0.05) is 27.7 Å². The fourth-order valence-electron chi connectivity index (χ4n) is 1.43. The van der Waals surface area contributed by atoms with Crippen LogP contribution in [0.5, 0.6) is 0 Å². The highest BCUT2D eigenvalue weighted by molar-refractivity contribution is 5.64. The lowest BCUT2D eigenvalue weighted by molar-refractivity contribution is -0.384. The van der Waals surface area contributed by atoms with E-state index in [-0.39, 0.29) is 11.1 Å². The fourth-order valence-corrected chi connectivity index (χ4v) is 1.43. The van der Waals surface area contributed by atoms with Crippen LogP contribution in [0.15, 0.2) is 18.2 Å². The lowest BCUT2D eigenvalue weighted by atomic mass is 9.81. The molecule has 1 aromatic rings. The molecule has 102 valence electrons. The van der Waals surface area contributed by atoms with Crippen LogP contribution in [0, 0.1) is 32.8 Å². The number of nitrogens with one attached hydrogen (secondary N) is 1. The summed E-state index contributed by atoms with van der Waals surface area (Å²) in [5.41, 5.74) is 0.822. The standard InChI is InChI=1S/C14H19N3O2/c1-10(2)14(3,4)9-16-12-7-11(8-15)5-6-13(12)17(18)19/h5-7,10,16H,9H2,1-4H3. The topological polar surface area (TPSA) is 79.0 Å². The van der Waals surface area contributed by atoms with Gasteiger partial charge in [0.2, 0.25) is 0 Å². The summed E-state index contributed by atoms with van der Waals surface area (Å²) < 4.78 is 0. The molecule has 0 heterocycles. The van der Waals surface area contributed by atoms with Crippen LogP contribution in [0.25, 0.3) is 0 Å². The number of hydrogen-bond acceptors (Lipinski definition) is 4. The van der Waals surface area contributed by atoms with E-state index < -0.39 is 4.92 Å². The second kappa shape index (κ2) is 5.70. The first kappa shape index (κ1) is 15.0. The molecule has 0 saturated heterocycles. The van der Waals surface area contributed by atoms with Crippen LogP contribution in [-0.2, 0) is 0 Å². The summed E-state index contributed by atoms with van der Waals surface area (Å²) in [5, 5.41) is 22.9. The highest BCUT2D eigenvalue weighted by atomic mass is 16.6. The summed E-state index contributed by atoms with van der Waals surface area (Å²) in [6, 6.07) is 6.33. The molecule has 1 rings (SSSR count). The van der Waals surface area contributed by atoms with Crippen molar-refractivity contribution in [2.24, 2.45) is 11.3 Å². The molecule has 0 fully saturated rings. The number of nitro groups is 1. The summed E-state index contributed by atoms with van der Waals surface area (Å²) >= 11 is 0. The zero-order valence-electron chi connectivity index (χ0n) is 11.7. The van der Waals surface area contributed by atoms with Crippen molar-refractivity contribution in [3.05, 3.63) is 33.9 Å². The van der Waals surface area contributed by atoms with Crippen molar-refractivity contribution in [3.8, 4) is 6.07 Å². The van der Waals surface area contributed by atoms with Gasteiger partial charge in [0.05, 0.1) is 16.6 Å². The Kier molecular flexibility index (Phi) is 4.49. The molecule has 0 radical (unpaired) electrons. The molecule has 1 aromatic carbocycles. The lowest BCUT2D eigenvalue weighted by Gasteiger charge is -2.29. The largest absolute Gasteiger partial charge is 0.379 e. The van der Waals surface area contributed by atoms with E-state index in [2.05, 4.69) is 33.0 Å². The van der Waals surface area contributed by atoms with Crippen molar-refractivity contribution in [3.63, 3.8) is 0 Å². The number of benzene rings is 1. The maximum atomic E-state index is 11.0. The van der Waals surface area contributed by atoms with Gasteiger partial charge in [0.25, 0.3) is 5.69 Å². The Morgan fingerprint density at radius 2 is 2.11 bits per heavy atom. The fraction of sp³-hybridized carbons (Fsp3) is 0.500. The second-order valence-corrected chi connectivity index (χ2v) is 5.60. The van der Waals surface area contributed by atoms with Crippen molar-refractivity contribution in [2.75, 3.05) is 11.9 Å². The first-order chi connectivity index (χ1) is 8.77. The first-order valence-electron chi connectivity index (χ1n) is 6.20. The Morgan fingerprint density at radius 1 is 1.47 bits per heavy atom. The molecule has 0 atom stereocenters. The van der Waals surface area contributed by atoms with Gasteiger partial charge in [-0.05, 0) is 23.5 Å². The first-order valence-corrected chi connectivity index (χ1v) is 6.20. The van der Waals surface area contributed by atoms with Gasteiger partial charge in [0.1, 0.15) is 5.69 Å². The normalized spacial score (nSPS) is 11.2. The van der Waals surface area contributed by atoms with Crippen molar-refractivity contribution in [1.82, 2.24) is 0 Å². The van der Waals surface area contributed by atoms with Crippen molar-refractivity contribution in [1.29, 1.82) is 5.26 Å². The molecule has 0 aliphatic heterocycles. The number of anilines is 1. The van der Waals surface area contributed by atoms with Gasteiger partial charge in [-0.15, -0.1) is 0 Å². The van der Waals surface area contributed by atoms with Crippen LogP contribution in [0.1, 0.15) is 33.3 Å². The highest BCUT2D eigenvalue weighted by Crippen LogP contribution is 2.30. The molecule has 0 aliphatic carbocycles. The molecule has 0 aromatic heterocycles. The van der Waals surface area contributed by atoms with E-state index in [1.165, 1.54) is 18.2 Å². The predicted molar refractivity (Wildman–Crippen MR) is 74.9 cm³/mol. The lowest BCUT2D eigenvalue weighted by Crippen LogP contribution is -2.28. The van der Waals surface area contributed by atoms with Crippen LogP contribution >= 0.6 is 0 Å². The minimum Gasteiger partial charge on any atom is -0.379 e. The molecule has 0 bridgehead atoms. The minimum atomic E-state index is -0.439. The third-order valence-corrected chi connectivity index (χ3v) is 3.62. The average molecular weight is 261 g/mol. The van der Waals surface area contributed by atoms with Crippen LogP contribution in [0.2, 0.25) is 0 Å². The Balaban J connectivity index is 2.99. The van der Waals surface area contributed by atoms with E-state index in [0.29, 0.717) is 23.7 Å². The van der Waals surface area contributed by atoms with Gasteiger partial charge in [-0.25, -0.2) is 0 Å². The molecule has 5 heteroatoms. The molecule has 5 nitrogen and oxygen atoms in total. The molecular formula is C14H19N3O2. The molecule has 0 aliphatic rings. The number of nitrogens with zero attached hydrogens (tertiary/aromatic N) is 2. The van der Waals surface area contributed by atoms with Crippen LogP contribution in [0.3, 0.4) is 0 Å². The van der Waals surface area contributed by atoms with Crippen molar-refractivity contribution < 1.29 is 4.92 Å². The average Bonchev–Trinajstić information content (AvgIpc) is 2.35. The van der Waals surface area contributed by atoms with E-state index in [1.807, 2.05) is 6.07 Å². The summed E-state index contributed by atoms with van der Waals surface area (Å²) in [5.74, 6) is 0.443. The zero-order chi connectivity index (χ0) is 14.6. The Morgan fingerprint density at radius 3 is 2.58 bits per heavy atom.